The lowest BCUT2D eigenvalue weighted by Crippen LogP contribution is -2.51. The summed E-state index contributed by atoms with van der Waals surface area (Å²) in [5, 5.41) is 7.20. The highest BCUT2D eigenvalue weighted by atomic mass is 35.5. The van der Waals surface area contributed by atoms with Crippen molar-refractivity contribution in [3.8, 4) is 0 Å². The first-order chi connectivity index (χ1) is 13.4. The summed E-state index contributed by atoms with van der Waals surface area (Å²) in [6, 6.07) is 5.24. The number of hydrogen-bond acceptors (Lipinski definition) is 5. The minimum Gasteiger partial charge on any atom is -0.339 e. The molecule has 2 aromatic rings. The summed E-state index contributed by atoms with van der Waals surface area (Å²) in [7, 11) is 0. The van der Waals surface area contributed by atoms with Gasteiger partial charge in [0.25, 0.3) is 0 Å². The van der Waals surface area contributed by atoms with Gasteiger partial charge in [0, 0.05) is 49.7 Å². The Bertz CT molecular complexity index is 846. The Labute approximate surface area is 168 Å². The molecular formula is C19H24ClN5O3. The first-order valence-electron chi connectivity index (χ1n) is 9.31. The van der Waals surface area contributed by atoms with E-state index in [0.717, 1.165) is 5.56 Å². The molecule has 9 heteroatoms. The predicted octanol–water partition coefficient (Wildman–Crippen LogP) is 3.04. The van der Waals surface area contributed by atoms with E-state index in [-0.39, 0.29) is 11.9 Å². The second kappa shape index (κ2) is 9.05. The molecule has 0 aliphatic carbocycles. The molecule has 0 bridgehead atoms. The Kier molecular flexibility index (Phi) is 6.51. The number of nitrogens with one attached hydrogen (secondary N) is 1. The molecule has 8 nitrogen and oxygen atoms in total. The minimum atomic E-state index is -0.182. The van der Waals surface area contributed by atoms with Gasteiger partial charge < -0.3 is 19.6 Å². The zero-order valence-electron chi connectivity index (χ0n) is 16.1. The average Bonchev–Trinajstić information content (AvgIpc) is 3.10. The van der Waals surface area contributed by atoms with E-state index in [4.69, 9.17) is 16.1 Å². The third kappa shape index (κ3) is 5.22. The third-order valence-electron chi connectivity index (χ3n) is 4.69. The number of rotatable bonds is 5. The molecule has 0 radical (unpaired) electrons. The van der Waals surface area contributed by atoms with Crippen LogP contribution >= 0.6 is 11.6 Å². The van der Waals surface area contributed by atoms with Crippen molar-refractivity contribution in [3.05, 3.63) is 40.5 Å². The van der Waals surface area contributed by atoms with Gasteiger partial charge in [0.15, 0.2) is 5.82 Å². The summed E-state index contributed by atoms with van der Waals surface area (Å²) in [6.45, 7) is 5.73. The number of carbonyl (C=O) groups is 2. The van der Waals surface area contributed by atoms with Crippen molar-refractivity contribution in [3.63, 3.8) is 0 Å². The number of aromatic nitrogens is 2. The highest BCUT2D eigenvalue weighted by molar-refractivity contribution is 6.31. The van der Waals surface area contributed by atoms with Gasteiger partial charge in [0.05, 0.1) is 0 Å². The molecular weight excluding hydrogens is 382 g/mol. The van der Waals surface area contributed by atoms with Crippen LogP contribution in [0.3, 0.4) is 0 Å². The smallest absolute Gasteiger partial charge is 0.321 e. The van der Waals surface area contributed by atoms with E-state index in [9.17, 15) is 9.59 Å². The monoisotopic (exact) mass is 405 g/mol. The zero-order chi connectivity index (χ0) is 20.1. The quantitative estimate of drug-likeness (QED) is 0.825. The van der Waals surface area contributed by atoms with Gasteiger partial charge in [-0.3, -0.25) is 4.79 Å². The van der Waals surface area contributed by atoms with Crippen LogP contribution in [0.15, 0.2) is 22.7 Å². The average molecular weight is 406 g/mol. The molecule has 1 aliphatic rings. The molecule has 0 saturated carbocycles. The fraction of sp³-hybridized carbons (Fsp3) is 0.474. The lowest BCUT2D eigenvalue weighted by atomic mass is 10.2. The van der Waals surface area contributed by atoms with E-state index in [1.807, 2.05) is 19.1 Å². The number of halogens is 1. The third-order valence-corrected chi connectivity index (χ3v) is 5.10. The number of carbonyl (C=O) groups excluding carboxylic acids is 2. The molecule has 2 heterocycles. The zero-order valence-corrected chi connectivity index (χ0v) is 16.8. The standard InChI is InChI=1S/C19H24ClN5O3/c1-13-6-7-15(12-16(13)20)22-19(27)25-10-8-24(9-11-25)18(26)5-3-4-17-21-14(2)23-28-17/h6-7,12H,3-5,8-11H2,1-2H3,(H,22,27). The summed E-state index contributed by atoms with van der Waals surface area (Å²) < 4.78 is 5.05. The highest BCUT2D eigenvalue weighted by Crippen LogP contribution is 2.20. The second-order valence-electron chi connectivity index (χ2n) is 6.85. The molecule has 3 amide bonds. The van der Waals surface area contributed by atoms with Gasteiger partial charge in [-0.05, 0) is 38.0 Å². The first kappa shape index (κ1) is 20.1. The maximum Gasteiger partial charge on any atom is 0.321 e. The lowest BCUT2D eigenvalue weighted by molar-refractivity contribution is -0.132. The van der Waals surface area contributed by atoms with Gasteiger partial charge in [0.2, 0.25) is 11.8 Å². The predicted molar refractivity (Wildman–Crippen MR) is 105 cm³/mol. The van der Waals surface area contributed by atoms with Crippen molar-refractivity contribution in [2.24, 2.45) is 0 Å². The number of urea groups is 1. The maximum atomic E-state index is 12.4. The van der Waals surface area contributed by atoms with Gasteiger partial charge >= 0.3 is 6.03 Å². The van der Waals surface area contributed by atoms with Crippen LogP contribution in [-0.2, 0) is 11.2 Å². The minimum absolute atomic E-state index is 0.0848. The topological polar surface area (TPSA) is 91.6 Å². The number of amides is 3. The summed E-state index contributed by atoms with van der Waals surface area (Å²) in [5.41, 5.74) is 1.62. The Morgan fingerprint density at radius 3 is 2.54 bits per heavy atom. The van der Waals surface area contributed by atoms with Crippen molar-refractivity contribution in [1.29, 1.82) is 0 Å². The van der Waals surface area contributed by atoms with Crippen LogP contribution in [0.5, 0.6) is 0 Å². The number of nitrogens with zero attached hydrogens (tertiary/aromatic N) is 4. The summed E-state index contributed by atoms with van der Waals surface area (Å²) in [4.78, 5) is 32.4. The molecule has 1 aliphatic heterocycles. The number of benzene rings is 1. The second-order valence-corrected chi connectivity index (χ2v) is 7.26. The van der Waals surface area contributed by atoms with E-state index >= 15 is 0 Å². The molecule has 28 heavy (non-hydrogen) atoms. The Balaban J connectivity index is 1.41. The number of piperazine rings is 1. The summed E-state index contributed by atoms with van der Waals surface area (Å²) >= 11 is 6.10. The van der Waals surface area contributed by atoms with Crippen molar-refractivity contribution in [1.82, 2.24) is 19.9 Å². The molecule has 1 N–H and O–H groups in total. The number of anilines is 1. The Morgan fingerprint density at radius 2 is 1.89 bits per heavy atom. The van der Waals surface area contributed by atoms with Crippen LogP contribution in [0.25, 0.3) is 0 Å². The largest absolute Gasteiger partial charge is 0.339 e. The van der Waals surface area contributed by atoms with E-state index in [0.29, 0.717) is 67.9 Å². The van der Waals surface area contributed by atoms with Crippen molar-refractivity contribution in [2.45, 2.75) is 33.1 Å². The van der Waals surface area contributed by atoms with Crippen LogP contribution in [0.1, 0.15) is 30.1 Å². The summed E-state index contributed by atoms with van der Waals surface area (Å²) in [6.07, 6.45) is 1.68. The van der Waals surface area contributed by atoms with Crippen molar-refractivity contribution in [2.75, 3.05) is 31.5 Å². The molecule has 1 fully saturated rings. The van der Waals surface area contributed by atoms with Crippen LogP contribution in [0.2, 0.25) is 5.02 Å². The van der Waals surface area contributed by atoms with Crippen LogP contribution < -0.4 is 5.32 Å². The van der Waals surface area contributed by atoms with E-state index < -0.39 is 0 Å². The maximum absolute atomic E-state index is 12.4. The van der Waals surface area contributed by atoms with E-state index in [1.54, 1.807) is 22.8 Å². The SMILES string of the molecule is Cc1noc(CCCC(=O)N2CCN(C(=O)Nc3ccc(C)c(Cl)c3)CC2)n1. The summed E-state index contributed by atoms with van der Waals surface area (Å²) in [5.74, 6) is 1.24. The Hall–Kier alpha value is -2.61. The highest BCUT2D eigenvalue weighted by Gasteiger charge is 2.24. The fourth-order valence-corrected chi connectivity index (χ4v) is 3.20. The van der Waals surface area contributed by atoms with E-state index in [2.05, 4.69) is 15.5 Å². The van der Waals surface area contributed by atoms with Gasteiger partial charge in [-0.1, -0.05) is 22.8 Å². The lowest BCUT2D eigenvalue weighted by Gasteiger charge is -2.34. The molecule has 1 aromatic heterocycles. The molecule has 0 unspecified atom stereocenters. The van der Waals surface area contributed by atoms with Crippen molar-refractivity contribution < 1.29 is 14.1 Å². The van der Waals surface area contributed by atoms with Crippen LogP contribution in [0, 0.1) is 13.8 Å². The molecule has 0 atom stereocenters. The first-order valence-corrected chi connectivity index (χ1v) is 9.69. The normalized spacial score (nSPS) is 14.2. The van der Waals surface area contributed by atoms with Gasteiger partial charge in [-0.2, -0.15) is 4.98 Å². The molecule has 0 spiro atoms. The van der Waals surface area contributed by atoms with Gasteiger partial charge in [-0.15, -0.1) is 0 Å². The van der Waals surface area contributed by atoms with Crippen LogP contribution in [0.4, 0.5) is 10.5 Å². The van der Waals surface area contributed by atoms with Crippen molar-refractivity contribution >= 4 is 29.2 Å². The van der Waals surface area contributed by atoms with Crippen LogP contribution in [-0.4, -0.2) is 58.1 Å². The fourth-order valence-electron chi connectivity index (χ4n) is 3.02. The molecule has 1 saturated heterocycles. The van der Waals surface area contributed by atoms with Gasteiger partial charge in [-0.25, -0.2) is 4.79 Å². The Morgan fingerprint density at radius 1 is 1.18 bits per heavy atom. The number of hydrogen-bond donors (Lipinski definition) is 1. The molecule has 1 aromatic carbocycles. The molecule has 3 rings (SSSR count). The molecule has 150 valence electrons. The van der Waals surface area contributed by atoms with E-state index in [1.165, 1.54) is 0 Å². The number of aryl methyl sites for hydroxylation is 3. The van der Waals surface area contributed by atoms with Gasteiger partial charge in [0.1, 0.15) is 0 Å².